The Balaban J connectivity index is 2.24. The number of esters is 2. The van der Waals surface area contributed by atoms with Crippen molar-refractivity contribution in [2.45, 2.75) is 13.8 Å². The Morgan fingerprint density at radius 3 is 2.57 bits per heavy atom. The van der Waals surface area contributed by atoms with Crippen molar-refractivity contribution in [1.29, 1.82) is 0 Å². The number of hydrogen-bond donors (Lipinski definition) is 0. The van der Waals surface area contributed by atoms with Gasteiger partial charge in [0.2, 0.25) is 0 Å². The molecule has 0 aliphatic carbocycles. The minimum atomic E-state index is -0.537. The molecule has 0 aliphatic heterocycles. The molecule has 1 heterocycles. The number of carbonyl (C=O) groups is 2. The van der Waals surface area contributed by atoms with Crippen LogP contribution in [-0.2, 0) is 9.47 Å². The minimum Gasteiger partial charge on any atom is -0.462 e. The second kappa shape index (κ2) is 6.65. The van der Waals surface area contributed by atoms with Crippen molar-refractivity contribution in [2.75, 3.05) is 13.2 Å². The first kappa shape index (κ1) is 14.7. The summed E-state index contributed by atoms with van der Waals surface area (Å²) < 4.78 is 11.2. The van der Waals surface area contributed by atoms with Crippen molar-refractivity contribution in [3.05, 3.63) is 41.7 Å². The maximum atomic E-state index is 11.7. The molecule has 0 aliphatic rings. The third kappa shape index (κ3) is 3.44. The fourth-order valence-corrected chi connectivity index (χ4v) is 1.68. The van der Waals surface area contributed by atoms with Gasteiger partial charge in [-0.2, -0.15) is 0 Å². The Kier molecular flexibility index (Phi) is 4.65. The van der Waals surface area contributed by atoms with Crippen LogP contribution in [0.3, 0.4) is 0 Å². The second-order valence-electron chi connectivity index (χ2n) is 4.04. The lowest BCUT2D eigenvalue weighted by molar-refractivity contribution is 0.0512. The quantitative estimate of drug-likeness (QED) is 0.778. The third-order valence-electron chi connectivity index (χ3n) is 2.60. The van der Waals surface area contributed by atoms with Crippen LogP contribution in [0.2, 0.25) is 0 Å². The highest BCUT2D eigenvalue weighted by Gasteiger charge is 2.13. The highest BCUT2D eigenvalue weighted by Crippen LogP contribution is 2.11. The number of nitrogens with zero attached hydrogens (tertiary/aromatic N) is 3. The van der Waals surface area contributed by atoms with Crippen molar-refractivity contribution in [1.82, 2.24) is 15.0 Å². The van der Waals surface area contributed by atoms with Gasteiger partial charge < -0.3 is 9.47 Å². The van der Waals surface area contributed by atoms with E-state index >= 15 is 0 Å². The third-order valence-corrected chi connectivity index (χ3v) is 2.60. The molecule has 0 amide bonds. The Hall–Kier alpha value is -2.70. The van der Waals surface area contributed by atoms with Crippen molar-refractivity contribution in [3.63, 3.8) is 0 Å². The lowest BCUT2D eigenvalue weighted by Crippen LogP contribution is -2.06. The van der Waals surface area contributed by atoms with Crippen LogP contribution < -0.4 is 0 Å². The molecule has 0 atom stereocenters. The first-order valence-electron chi connectivity index (χ1n) is 6.52. The molecule has 110 valence electrons. The van der Waals surface area contributed by atoms with E-state index in [1.54, 1.807) is 38.1 Å². The second-order valence-corrected chi connectivity index (χ2v) is 4.04. The van der Waals surface area contributed by atoms with E-state index in [0.29, 0.717) is 17.9 Å². The Morgan fingerprint density at radius 2 is 1.86 bits per heavy atom. The lowest BCUT2D eigenvalue weighted by atomic mass is 10.2. The summed E-state index contributed by atoms with van der Waals surface area (Å²) in [6.45, 7) is 4.03. The van der Waals surface area contributed by atoms with Crippen LogP contribution >= 0.6 is 0 Å². The zero-order valence-corrected chi connectivity index (χ0v) is 11.8. The predicted molar refractivity (Wildman–Crippen MR) is 73.3 cm³/mol. The maximum absolute atomic E-state index is 11.7. The van der Waals surface area contributed by atoms with Crippen LogP contribution in [0.1, 0.15) is 34.7 Å². The standard InChI is InChI=1S/C14H15N3O4/c1-3-20-13(18)10-6-5-7-11(8-10)17-9-12(15-16-17)14(19)21-4-2/h5-9H,3-4H2,1-2H3. The highest BCUT2D eigenvalue weighted by molar-refractivity contribution is 5.90. The first-order valence-corrected chi connectivity index (χ1v) is 6.52. The molecule has 1 aromatic carbocycles. The molecule has 21 heavy (non-hydrogen) atoms. The van der Waals surface area contributed by atoms with Gasteiger partial charge in [-0.25, -0.2) is 14.3 Å². The fraction of sp³-hybridized carbons (Fsp3) is 0.286. The number of ether oxygens (including phenoxy) is 2. The van der Waals surface area contributed by atoms with E-state index in [2.05, 4.69) is 10.3 Å². The summed E-state index contributed by atoms with van der Waals surface area (Å²) >= 11 is 0. The number of carbonyl (C=O) groups excluding carboxylic acids is 2. The number of benzene rings is 1. The summed E-state index contributed by atoms with van der Waals surface area (Å²) in [7, 11) is 0. The molecule has 0 fully saturated rings. The predicted octanol–water partition coefficient (Wildman–Crippen LogP) is 1.62. The van der Waals surface area contributed by atoms with Crippen molar-refractivity contribution < 1.29 is 19.1 Å². The molecule has 7 nitrogen and oxygen atoms in total. The molecular weight excluding hydrogens is 274 g/mol. The summed E-state index contributed by atoms with van der Waals surface area (Å²) in [6, 6.07) is 6.70. The fourth-order valence-electron chi connectivity index (χ4n) is 1.68. The molecule has 0 spiro atoms. The lowest BCUT2D eigenvalue weighted by Gasteiger charge is -2.04. The van der Waals surface area contributed by atoms with E-state index in [-0.39, 0.29) is 12.3 Å². The normalized spacial score (nSPS) is 10.2. The minimum absolute atomic E-state index is 0.110. The molecule has 7 heteroatoms. The molecule has 0 N–H and O–H groups in total. The van der Waals surface area contributed by atoms with Crippen molar-refractivity contribution >= 4 is 11.9 Å². The van der Waals surface area contributed by atoms with Gasteiger partial charge >= 0.3 is 11.9 Å². The molecule has 0 bridgehead atoms. The summed E-state index contributed by atoms with van der Waals surface area (Å²) in [5, 5.41) is 7.59. The summed E-state index contributed by atoms with van der Waals surface area (Å²) in [6.07, 6.45) is 1.45. The van der Waals surface area contributed by atoms with Gasteiger partial charge in [-0.3, -0.25) is 0 Å². The van der Waals surface area contributed by atoms with E-state index < -0.39 is 11.9 Å². The van der Waals surface area contributed by atoms with Gasteiger partial charge in [0.15, 0.2) is 5.69 Å². The van der Waals surface area contributed by atoms with E-state index in [9.17, 15) is 9.59 Å². The molecule has 0 saturated heterocycles. The Bertz CT molecular complexity index is 651. The monoisotopic (exact) mass is 289 g/mol. The van der Waals surface area contributed by atoms with E-state index in [4.69, 9.17) is 9.47 Å². The molecule has 0 radical (unpaired) electrons. The molecule has 0 saturated carbocycles. The number of rotatable bonds is 5. The van der Waals surface area contributed by atoms with Gasteiger partial charge in [0.1, 0.15) is 0 Å². The van der Waals surface area contributed by atoms with E-state index in [1.165, 1.54) is 10.9 Å². The van der Waals surface area contributed by atoms with Crippen LogP contribution in [0.25, 0.3) is 5.69 Å². The average molecular weight is 289 g/mol. The van der Waals surface area contributed by atoms with Crippen LogP contribution in [0.4, 0.5) is 0 Å². The average Bonchev–Trinajstić information content (AvgIpc) is 2.98. The van der Waals surface area contributed by atoms with Gasteiger partial charge in [-0.15, -0.1) is 5.10 Å². The maximum Gasteiger partial charge on any atom is 0.360 e. The molecule has 2 aromatic rings. The SMILES string of the molecule is CCOC(=O)c1cccc(-n2cc(C(=O)OCC)nn2)c1. The van der Waals surface area contributed by atoms with Gasteiger partial charge in [0, 0.05) is 0 Å². The first-order chi connectivity index (χ1) is 10.2. The molecule has 0 unspecified atom stereocenters. The van der Waals surface area contributed by atoms with Crippen LogP contribution in [0.5, 0.6) is 0 Å². The van der Waals surface area contributed by atoms with Gasteiger partial charge in [0.05, 0.1) is 30.7 Å². The zero-order valence-electron chi connectivity index (χ0n) is 11.8. The largest absolute Gasteiger partial charge is 0.462 e. The number of aromatic nitrogens is 3. The summed E-state index contributed by atoms with van der Waals surface area (Å²) in [4.78, 5) is 23.2. The molecule has 2 rings (SSSR count). The van der Waals surface area contributed by atoms with Crippen molar-refractivity contribution in [3.8, 4) is 5.69 Å². The van der Waals surface area contributed by atoms with E-state index in [1.807, 2.05) is 0 Å². The van der Waals surface area contributed by atoms with Gasteiger partial charge in [-0.05, 0) is 32.0 Å². The molecular formula is C14H15N3O4. The Morgan fingerprint density at radius 1 is 1.14 bits per heavy atom. The number of hydrogen-bond acceptors (Lipinski definition) is 6. The van der Waals surface area contributed by atoms with Gasteiger partial charge in [-0.1, -0.05) is 11.3 Å². The zero-order chi connectivity index (χ0) is 15.2. The summed E-state index contributed by atoms with van der Waals surface area (Å²) in [5.74, 6) is -0.949. The van der Waals surface area contributed by atoms with E-state index in [0.717, 1.165) is 0 Å². The Labute approximate surface area is 121 Å². The smallest absolute Gasteiger partial charge is 0.360 e. The van der Waals surface area contributed by atoms with Crippen molar-refractivity contribution in [2.24, 2.45) is 0 Å². The molecule has 1 aromatic heterocycles. The van der Waals surface area contributed by atoms with Crippen LogP contribution in [0, 0.1) is 0 Å². The summed E-state index contributed by atoms with van der Waals surface area (Å²) in [5.41, 5.74) is 1.12. The topological polar surface area (TPSA) is 83.3 Å². The highest BCUT2D eigenvalue weighted by atomic mass is 16.5. The van der Waals surface area contributed by atoms with Crippen LogP contribution in [-0.4, -0.2) is 40.1 Å². The van der Waals surface area contributed by atoms with Crippen LogP contribution in [0.15, 0.2) is 30.5 Å². The van der Waals surface area contributed by atoms with Gasteiger partial charge in [0.25, 0.3) is 0 Å².